The smallest absolute Gasteiger partial charge is 0.139 e. The molecular formula is C9H13ClN2O. The van der Waals surface area contributed by atoms with Crippen LogP contribution in [0.1, 0.15) is 12.8 Å². The highest BCUT2D eigenvalue weighted by Crippen LogP contribution is 2.15. The zero-order valence-corrected chi connectivity index (χ0v) is 8.13. The first-order chi connectivity index (χ1) is 6.33. The van der Waals surface area contributed by atoms with Crippen LogP contribution < -0.4 is 10.5 Å². The van der Waals surface area contributed by atoms with Crippen molar-refractivity contribution >= 4 is 11.6 Å². The molecule has 72 valence electrons. The summed E-state index contributed by atoms with van der Waals surface area (Å²) < 4.78 is 5.39. The van der Waals surface area contributed by atoms with Crippen LogP contribution in [0.3, 0.4) is 0 Å². The number of rotatable bonds is 5. The molecular weight excluding hydrogens is 188 g/mol. The van der Waals surface area contributed by atoms with Gasteiger partial charge in [-0.3, -0.25) is 4.98 Å². The van der Waals surface area contributed by atoms with E-state index in [1.165, 1.54) is 0 Å². The van der Waals surface area contributed by atoms with Gasteiger partial charge >= 0.3 is 0 Å². The molecule has 0 amide bonds. The van der Waals surface area contributed by atoms with Crippen molar-refractivity contribution in [3.8, 4) is 5.75 Å². The standard InChI is InChI=1S/C9H13ClN2O/c10-8-5-9(7-12-6-8)13-4-2-1-3-11/h5-7H,1-4,11H2. The predicted molar refractivity (Wildman–Crippen MR) is 53.0 cm³/mol. The second kappa shape index (κ2) is 5.78. The Balaban J connectivity index is 2.28. The molecule has 4 heteroatoms. The number of ether oxygens (including phenoxy) is 1. The molecule has 0 saturated carbocycles. The number of nitrogens with two attached hydrogens (primary N) is 1. The first kappa shape index (κ1) is 10.3. The normalized spacial score (nSPS) is 10.0. The second-order valence-corrected chi connectivity index (χ2v) is 3.12. The molecule has 0 spiro atoms. The Labute approximate surface area is 82.9 Å². The first-order valence-corrected chi connectivity index (χ1v) is 4.64. The molecule has 13 heavy (non-hydrogen) atoms. The summed E-state index contributed by atoms with van der Waals surface area (Å²) in [5.74, 6) is 0.713. The number of halogens is 1. The van der Waals surface area contributed by atoms with Crippen LogP contribution in [-0.4, -0.2) is 18.1 Å². The van der Waals surface area contributed by atoms with Crippen molar-refractivity contribution in [2.45, 2.75) is 12.8 Å². The molecule has 0 atom stereocenters. The molecule has 0 fully saturated rings. The van der Waals surface area contributed by atoms with Crippen molar-refractivity contribution in [3.05, 3.63) is 23.5 Å². The minimum atomic E-state index is 0.594. The molecule has 0 radical (unpaired) electrons. The van der Waals surface area contributed by atoms with Gasteiger partial charge in [0.2, 0.25) is 0 Å². The van der Waals surface area contributed by atoms with Gasteiger partial charge in [0.15, 0.2) is 0 Å². The Morgan fingerprint density at radius 3 is 2.92 bits per heavy atom. The maximum absolute atomic E-state index is 5.72. The lowest BCUT2D eigenvalue weighted by molar-refractivity contribution is 0.306. The van der Waals surface area contributed by atoms with Crippen molar-refractivity contribution in [1.82, 2.24) is 4.98 Å². The molecule has 0 aliphatic carbocycles. The molecule has 1 heterocycles. The summed E-state index contributed by atoms with van der Waals surface area (Å²) in [6.45, 7) is 1.37. The zero-order chi connectivity index (χ0) is 9.52. The van der Waals surface area contributed by atoms with Crippen LogP contribution in [-0.2, 0) is 0 Å². The van der Waals surface area contributed by atoms with E-state index in [9.17, 15) is 0 Å². The predicted octanol–water partition coefficient (Wildman–Crippen LogP) is 1.85. The van der Waals surface area contributed by atoms with Crippen molar-refractivity contribution in [2.24, 2.45) is 5.73 Å². The number of unbranched alkanes of at least 4 members (excludes halogenated alkanes) is 1. The molecule has 3 nitrogen and oxygen atoms in total. The fourth-order valence-electron chi connectivity index (χ4n) is 0.908. The lowest BCUT2D eigenvalue weighted by atomic mass is 10.3. The Morgan fingerprint density at radius 2 is 2.23 bits per heavy atom. The van der Waals surface area contributed by atoms with Gasteiger partial charge in [0.05, 0.1) is 17.8 Å². The third-order valence-electron chi connectivity index (χ3n) is 1.55. The van der Waals surface area contributed by atoms with E-state index in [0.29, 0.717) is 23.9 Å². The van der Waals surface area contributed by atoms with Gasteiger partial charge in [0.25, 0.3) is 0 Å². The van der Waals surface area contributed by atoms with Crippen molar-refractivity contribution in [3.63, 3.8) is 0 Å². The van der Waals surface area contributed by atoms with E-state index in [4.69, 9.17) is 22.1 Å². The maximum Gasteiger partial charge on any atom is 0.139 e. The van der Waals surface area contributed by atoms with Gasteiger partial charge in [0.1, 0.15) is 5.75 Å². The molecule has 2 N–H and O–H groups in total. The van der Waals surface area contributed by atoms with Crippen LogP contribution in [0.25, 0.3) is 0 Å². The molecule has 1 aromatic rings. The number of hydrogen-bond acceptors (Lipinski definition) is 3. The topological polar surface area (TPSA) is 48.1 Å². The Bertz CT molecular complexity index is 255. The molecule has 0 aliphatic heterocycles. The highest BCUT2D eigenvalue weighted by atomic mass is 35.5. The van der Waals surface area contributed by atoms with Crippen LogP contribution in [0.2, 0.25) is 5.02 Å². The number of pyridine rings is 1. The van der Waals surface area contributed by atoms with Gasteiger partial charge in [-0.25, -0.2) is 0 Å². The summed E-state index contributed by atoms with van der Waals surface area (Å²) in [5, 5.41) is 0.594. The summed E-state index contributed by atoms with van der Waals surface area (Å²) >= 11 is 5.72. The summed E-state index contributed by atoms with van der Waals surface area (Å²) in [6, 6.07) is 1.75. The second-order valence-electron chi connectivity index (χ2n) is 2.68. The average Bonchev–Trinajstić information content (AvgIpc) is 2.13. The van der Waals surface area contributed by atoms with E-state index < -0.39 is 0 Å². The monoisotopic (exact) mass is 200 g/mol. The van der Waals surface area contributed by atoms with Gasteiger partial charge in [-0.05, 0) is 19.4 Å². The van der Waals surface area contributed by atoms with E-state index in [2.05, 4.69) is 4.98 Å². The number of nitrogens with zero attached hydrogens (tertiary/aromatic N) is 1. The fraction of sp³-hybridized carbons (Fsp3) is 0.444. The van der Waals surface area contributed by atoms with Crippen molar-refractivity contribution in [2.75, 3.05) is 13.2 Å². The maximum atomic E-state index is 5.72. The van der Waals surface area contributed by atoms with Gasteiger partial charge in [0, 0.05) is 12.3 Å². The van der Waals surface area contributed by atoms with E-state index in [1.54, 1.807) is 18.5 Å². The van der Waals surface area contributed by atoms with E-state index in [0.717, 1.165) is 12.8 Å². The third kappa shape index (κ3) is 4.10. The van der Waals surface area contributed by atoms with Crippen LogP contribution in [0.5, 0.6) is 5.75 Å². The summed E-state index contributed by atoms with van der Waals surface area (Å²) in [5.41, 5.74) is 5.34. The molecule has 1 aromatic heterocycles. The van der Waals surface area contributed by atoms with E-state index in [-0.39, 0.29) is 0 Å². The molecule has 0 aromatic carbocycles. The van der Waals surface area contributed by atoms with Crippen LogP contribution in [0, 0.1) is 0 Å². The van der Waals surface area contributed by atoms with Crippen molar-refractivity contribution in [1.29, 1.82) is 0 Å². The lowest BCUT2D eigenvalue weighted by Crippen LogP contribution is -2.03. The largest absolute Gasteiger partial charge is 0.492 e. The number of hydrogen-bond donors (Lipinski definition) is 1. The Morgan fingerprint density at radius 1 is 1.38 bits per heavy atom. The van der Waals surface area contributed by atoms with Crippen LogP contribution >= 0.6 is 11.6 Å². The van der Waals surface area contributed by atoms with Crippen molar-refractivity contribution < 1.29 is 4.74 Å². The number of aromatic nitrogens is 1. The SMILES string of the molecule is NCCCCOc1cncc(Cl)c1. The van der Waals surface area contributed by atoms with Gasteiger partial charge in [-0.15, -0.1) is 0 Å². The zero-order valence-electron chi connectivity index (χ0n) is 7.37. The quantitative estimate of drug-likeness (QED) is 0.738. The van der Waals surface area contributed by atoms with Crippen LogP contribution in [0.4, 0.5) is 0 Å². The highest BCUT2D eigenvalue weighted by molar-refractivity contribution is 6.30. The molecule has 0 unspecified atom stereocenters. The van der Waals surface area contributed by atoms with E-state index in [1.807, 2.05) is 0 Å². The first-order valence-electron chi connectivity index (χ1n) is 4.26. The summed E-state index contributed by atoms with van der Waals surface area (Å²) in [4.78, 5) is 3.90. The summed E-state index contributed by atoms with van der Waals surface area (Å²) in [7, 11) is 0. The Hall–Kier alpha value is -0.800. The van der Waals surface area contributed by atoms with Gasteiger partial charge in [-0.2, -0.15) is 0 Å². The minimum absolute atomic E-state index is 0.594. The van der Waals surface area contributed by atoms with Crippen LogP contribution in [0.15, 0.2) is 18.5 Å². The van der Waals surface area contributed by atoms with Gasteiger partial charge < -0.3 is 10.5 Å². The molecule has 1 rings (SSSR count). The van der Waals surface area contributed by atoms with E-state index >= 15 is 0 Å². The average molecular weight is 201 g/mol. The minimum Gasteiger partial charge on any atom is -0.492 e. The van der Waals surface area contributed by atoms with Gasteiger partial charge in [-0.1, -0.05) is 11.6 Å². The third-order valence-corrected chi connectivity index (χ3v) is 1.75. The summed E-state index contributed by atoms with van der Waals surface area (Å²) in [6.07, 6.45) is 5.17. The molecule has 0 aliphatic rings. The molecule has 0 bridgehead atoms. The fourth-order valence-corrected chi connectivity index (χ4v) is 1.07. The highest BCUT2D eigenvalue weighted by Gasteiger charge is 1.94. The lowest BCUT2D eigenvalue weighted by Gasteiger charge is -2.04. The molecule has 0 saturated heterocycles. The Kier molecular flexibility index (Phi) is 4.57.